The Kier molecular flexibility index (Phi) is 3.98. The Labute approximate surface area is 153 Å². The zero-order valence-corrected chi connectivity index (χ0v) is 15.5. The number of nitrogens with zero attached hydrogens (tertiary/aromatic N) is 1. The molecule has 0 saturated heterocycles. The quantitative estimate of drug-likeness (QED) is 0.431. The average molecular weight is 399 g/mol. The Hall–Kier alpha value is -1.98. The number of H-pyrrole nitrogens is 1. The minimum absolute atomic E-state index is 0.587. The summed E-state index contributed by atoms with van der Waals surface area (Å²) >= 11 is 9.01. The number of fused-ring (bicyclic) bond motifs is 2. The van der Waals surface area contributed by atoms with Gasteiger partial charge in [-0.1, -0.05) is 59.3 Å². The molecule has 24 heavy (non-hydrogen) atoms. The van der Waals surface area contributed by atoms with Gasteiger partial charge in [-0.3, -0.25) is 0 Å². The molecule has 0 amide bonds. The van der Waals surface area contributed by atoms with Crippen LogP contribution in [0.1, 0.15) is 23.6 Å². The molecule has 1 aliphatic heterocycles. The largest absolute Gasteiger partial charge is 0.440 e. The van der Waals surface area contributed by atoms with Gasteiger partial charge in [-0.25, -0.2) is 4.98 Å². The molecule has 3 nitrogen and oxygen atoms in total. The molecule has 2 aromatic carbocycles. The van der Waals surface area contributed by atoms with Crippen LogP contribution in [0.4, 0.5) is 0 Å². The van der Waals surface area contributed by atoms with Crippen LogP contribution in [0.5, 0.6) is 11.6 Å². The van der Waals surface area contributed by atoms with Gasteiger partial charge >= 0.3 is 0 Å². The number of hydrogen-bond acceptors (Lipinski definition) is 3. The average Bonchev–Trinajstić information content (AvgIpc) is 2.60. The number of ether oxygens (including phenoxy) is 1. The van der Waals surface area contributed by atoms with Crippen molar-refractivity contribution in [1.29, 1.82) is 0 Å². The maximum atomic E-state index is 6.04. The second kappa shape index (κ2) is 6.15. The summed E-state index contributed by atoms with van der Waals surface area (Å²) in [6, 6.07) is 14.4. The first kappa shape index (κ1) is 15.5. The van der Waals surface area contributed by atoms with Crippen molar-refractivity contribution in [2.24, 2.45) is 0 Å². The normalized spacial score (nSPS) is 12.2. The molecule has 0 spiro atoms. The van der Waals surface area contributed by atoms with Gasteiger partial charge in [-0.15, -0.1) is 0 Å². The predicted octanol–water partition coefficient (Wildman–Crippen LogP) is 5.83. The van der Waals surface area contributed by atoms with E-state index in [0.29, 0.717) is 10.5 Å². The molecule has 3 aromatic rings. The molecule has 0 aliphatic carbocycles. The number of aromatic amines is 1. The fraction of sp³-hybridized carbons (Fsp3) is 0.158. The van der Waals surface area contributed by atoms with Crippen molar-refractivity contribution >= 4 is 28.1 Å². The minimum atomic E-state index is 0.587. The minimum Gasteiger partial charge on any atom is -0.440 e. The Morgan fingerprint density at radius 1 is 1.21 bits per heavy atom. The number of nitrogens with one attached hydrogen (secondary N) is 1. The molecular weight excluding hydrogens is 384 g/mol. The van der Waals surface area contributed by atoms with E-state index in [-0.39, 0.29) is 0 Å². The van der Waals surface area contributed by atoms with Crippen molar-refractivity contribution in [1.82, 2.24) is 9.97 Å². The lowest BCUT2D eigenvalue weighted by Crippen LogP contribution is -2.08. The Balaban J connectivity index is 1.77. The zero-order chi connectivity index (χ0) is 16.7. The molecule has 1 N–H and O–H groups in total. The summed E-state index contributed by atoms with van der Waals surface area (Å²) in [7, 11) is 0. The smallest absolute Gasteiger partial charge is 0.205 e. The number of halogens is 1. The Morgan fingerprint density at radius 3 is 2.75 bits per heavy atom. The Morgan fingerprint density at radius 2 is 2.00 bits per heavy atom. The van der Waals surface area contributed by atoms with Crippen LogP contribution in [-0.2, 0) is 12.8 Å². The molecule has 0 saturated carbocycles. The molecule has 0 unspecified atom stereocenters. The summed E-state index contributed by atoms with van der Waals surface area (Å²) in [5, 5.41) is 0. The van der Waals surface area contributed by atoms with Gasteiger partial charge in [0.25, 0.3) is 0 Å². The van der Waals surface area contributed by atoms with Crippen LogP contribution < -0.4 is 4.74 Å². The van der Waals surface area contributed by atoms with E-state index >= 15 is 0 Å². The highest BCUT2D eigenvalue weighted by atomic mass is 79.9. The van der Waals surface area contributed by atoms with E-state index in [1.807, 2.05) is 12.1 Å². The van der Waals surface area contributed by atoms with Crippen LogP contribution in [0.3, 0.4) is 0 Å². The molecule has 120 valence electrons. The van der Waals surface area contributed by atoms with Crippen molar-refractivity contribution in [3.8, 4) is 23.0 Å². The van der Waals surface area contributed by atoms with Gasteiger partial charge in [0, 0.05) is 22.0 Å². The summed E-state index contributed by atoms with van der Waals surface area (Å²) < 4.78 is 7.66. The van der Waals surface area contributed by atoms with Crippen LogP contribution in [0.15, 0.2) is 46.9 Å². The van der Waals surface area contributed by atoms with E-state index in [1.165, 1.54) is 5.56 Å². The van der Waals surface area contributed by atoms with E-state index in [2.05, 4.69) is 63.2 Å². The van der Waals surface area contributed by atoms with E-state index in [0.717, 1.165) is 45.6 Å². The molecule has 5 heteroatoms. The summed E-state index contributed by atoms with van der Waals surface area (Å²) in [6.07, 6.45) is 1.74. The van der Waals surface area contributed by atoms with Gasteiger partial charge in [0.05, 0.1) is 5.56 Å². The fourth-order valence-corrected chi connectivity index (χ4v) is 3.51. The first-order valence-electron chi connectivity index (χ1n) is 7.83. The highest BCUT2D eigenvalue weighted by Crippen LogP contribution is 2.37. The SMILES string of the molecule is CCc1ccc(-c2nc(=S)c3c([nH]2)Oc2ccc(Br)cc2C3)cc1. The van der Waals surface area contributed by atoms with Gasteiger partial charge in [-0.05, 0) is 30.2 Å². The van der Waals surface area contributed by atoms with Crippen LogP contribution >= 0.6 is 28.1 Å². The molecule has 0 atom stereocenters. The lowest BCUT2D eigenvalue weighted by atomic mass is 10.0. The number of hydrogen-bond donors (Lipinski definition) is 1. The van der Waals surface area contributed by atoms with Crippen molar-refractivity contribution in [3.63, 3.8) is 0 Å². The maximum Gasteiger partial charge on any atom is 0.205 e. The van der Waals surface area contributed by atoms with E-state index in [1.54, 1.807) is 0 Å². The van der Waals surface area contributed by atoms with Crippen molar-refractivity contribution < 1.29 is 4.74 Å². The lowest BCUT2D eigenvalue weighted by Gasteiger charge is -2.20. The number of aromatic nitrogens is 2. The second-order valence-electron chi connectivity index (χ2n) is 5.78. The number of benzene rings is 2. The third kappa shape index (κ3) is 2.78. The van der Waals surface area contributed by atoms with Crippen molar-refractivity contribution in [2.75, 3.05) is 0 Å². The van der Waals surface area contributed by atoms with Gasteiger partial charge in [0.15, 0.2) is 0 Å². The van der Waals surface area contributed by atoms with Gasteiger partial charge < -0.3 is 9.72 Å². The van der Waals surface area contributed by atoms with E-state index < -0.39 is 0 Å². The number of rotatable bonds is 2. The molecule has 0 radical (unpaired) electrons. The summed E-state index contributed by atoms with van der Waals surface area (Å²) in [4.78, 5) is 7.88. The standard InChI is InChI=1S/C19H15BrN2OS/c1-2-11-3-5-12(6-4-11)17-21-18-15(19(24)22-17)10-13-9-14(20)7-8-16(13)23-18/h3-9H,2,10H2,1H3,(H,21,22,24). The zero-order valence-electron chi connectivity index (χ0n) is 13.1. The van der Waals surface area contributed by atoms with Crippen LogP contribution in [-0.4, -0.2) is 9.97 Å². The first-order valence-corrected chi connectivity index (χ1v) is 9.03. The maximum absolute atomic E-state index is 6.04. The van der Waals surface area contributed by atoms with Gasteiger partial charge in [0.1, 0.15) is 16.2 Å². The van der Waals surface area contributed by atoms with Crippen molar-refractivity contribution in [3.05, 3.63) is 68.3 Å². The molecule has 1 aromatic heterocycles. The summed E-state index contributed by atoms with van der Waals surface area (Å²) in [6.45, 7) is 2.14. The monoisotopic (exact) mass is 398 g/mol. The third-order valence-corrected chi connectivity index (χ3v) is 5.05. The van der Waals surface area contributed by atoms with Crippen LogP contribution in [0.25, 0.3) is 11.4 Å². The molecule has 1 aliphatic rings. The molecule has 0 fully saturated rings. The van der Waals surface area contributed by atoms with Gasteiger partial charge in [-0.2, -0.15) is 0 Å². The molecule has 4 rings (SSSR count). The second-order valence-corrected chi connectivity index (χ2v) is 7.08. The molecule has 0 bridgehead atoms. The fourth-order valence-electron chi connectivity index (χ4n) is 2.84. The van der Waals surface area contributed by atoms with E-state index in [9.17, 15) is 0 Å². The van der Waals surface area contributed by atoms with Gasteiger partial charge in [0.2, 0.25) is 5.88 Å². The van der Waals surface area contributed by atoms with Crippen LogP contribution in [0.2, 0.25) is 0 Å². The molecule has 2 heterocycles. The van der Waals surface area contributed by atoms with E-state index in [4.69, 9.17) is 17.0 Å². The predicted molar refractivity (Wildman–Crippen MR) is 101 cm³/mol. The summed E-state index contributed by atoms with van der Waals surface area (Å²) in [5.41, 5.74) is 4.35. The lowest BCUT2D eigenvalue weighted by molar-refractivity contribution is 0.439. The Bertz CT molecular complexity index is 980. The summed E-state index contributed by atoms with van der Waals surface area (Å²) in [5.74, 6) is 2.29. The highest BCUT2D eigenvalue weighted by Gasteiger charge is 2.20. The topological polar surface area (TPSA) is 37.9 Å². The molecular formula is C19H15BrN2OS. The third-order valence-electron chi connectivity index (χ3n) is 4.21. The highest BCUT2D eigenvalue weighted by molar-refractivity contribution is 9.10. The van der Waals surface area contributed by atoms with Crippen LogP contribution in [0, 0.1) is 4.64 Å². The number of aryl methyl sites for hydroxylation is 1. The van der Waals surface area contributed by atoms with Crippen molar-refractivity contribution in [2.45, 2.75) is 19.8 Å². The first-order chi connectivity index (χ1) is 11.6.